The maximum Gasteiger partial charge on any atom is 0.227 e. The van der Waals surface area contributed by atoms with Crippen molar-refractivity contribution in [2.24, 2.45) is 0 Å². The summed E-state index contributed by atoms with van der Waals surface area (Å²) in [5, 5.41) is 6.17. The van der Waals surface area contributed by atoms with Crippen LogP contribution in [0.4, 0.5) is 16.0 Å². The summed E-state index contributed by atoms with van der Waals surface area (Å²) >= 11 is 0. The van der Waals surface area contributed by atoms with Crippen LogP contribution in [0.5, 0.6) is 11.6 Å². The van der Waals surface area contributed by atoms with Crippen molar-refractivity contribution >= 4 is 11.6 Å². The first kappa shape index (κ1) is 20.5. The van der Waals surface area contributed by atoms with Gasteiger partial charge >= 0.3 is 0 Å². The van der Waals surface area contributed by atoms with Gasteiger partial charge in [0.15, 0.2) is 11.6 Å². The zero-order chi connectivity index (χ0) is 20.6. The monoisotopic (exact) mass is 397 g/mol. The molecule has 0 aliphatic rings. The number of hydrogen-bond acceptors (Lipinski definition) is 7. The first-order valence-corrected chi connectivity index (χ1v) is 9.20. The van der Waals surface area contributed by atoms with Gasteiger partial charge in [-0.05, 0) is 48.7 Å². The summed E-state index contributed by atoms with van der Waals surface area (Å²) in [5.41, 5.74) is 3.28. The topological polar surface area (TPSA) is 81.2 Å². The number of aromatic nitrogens is 3. The van der Waals surface area contributed by atoms with E-state index in [1.807, 2.05) is 13.1 Å². The number of hydrogen-bond donors (Lipinski definition) is 2. The number of ether oxygens (including phenoxy) is 2. The third kappa shape index (κ3) is 5.39. The van der Waals surface area contributed by atoms with Crippen LogP contribution < -0.4 is 20.1 Å². The highest BCUT2D eigenvalue weighted by Gasteiger charge is 2.12. The number of methoxy groups -OCH3 is 2. The normalized spacial score (nSPS) is 10.6. The predicted octanol–water partition coefficient (Wildman–Crippen LogP) is 3.28. The lowest BCUT2D eigenvalue weighted by Crippen LogP contribution is -2.07. The Labute approximate surface area is 169 Å². The summed E-state index contributed by atoms with van der Waals surface area (Å²) in [5.74, 6) is 0.907. The van der Waals surface area contributed by atoms with Crippen molar-refractivity contribution in [3.8, 4) is 11.6 Å². The number of pyridine rings is 1. The molecule has 0 saturated heterocycles. The molecule has 0 spiro atoms. The number of aryl methyl sites for hydroxylation is 2. The molecular formula is C21H24FN5O2. The van der Waals surface area contributed by atoms with Gasteiger partial charge in [0.05, 0.1) is 14.2 Å². The second-order valence-corrected chi connectivity index (χ2v) is 6.43. The summed E-state index contributed by atoms with van der Waals surface area (Å²) in [6, 6.07) is 7.13. The molecule has 0 unspecified atom stereocenters. The molecule has 0 fully saturated rings. The van der Waals surface area contributed by atoms with Crippen molar-refractivity contribution in [2.75, 3.05) is 26.6 Å². The van der Waals surface area contributed by atoms with Crippen molar-refractivity contribution in [2.45, 2.75) is 19.4 Å². The van der Waals surface area contributed by atoms with Crippen molar-refractivity contribution < 1.29 is 13.9 Å². The van der Waals surface area contributed by atoms with Crippen LogP contribution in [0, 0.1) is 5.82 Å². The van der Waals surface area contributed by atoms with E-state index in [0.717, 1.165) is 16.8 Å². The van der Waals surface area contributed by atoms with Crippen molar-refractivity contribution in [3.63, 3.8) is 0 Å². The van der Waals surface area contributed by atoms with E-state index in [2.05, 4.69) is 25.6 Å². The minimum atomic E-state index is -0.321. The van der Waals surface area contributed by atoms with Gasteiger partial charge in [-0.15, -0.1) is 0 Å². The van der Waals surface area contributed by atoms with Crippen molar-refractivity contribution in [3.05, 3.63) is 65.4 Å². The Balaban J connectivity index is 1.66. The first-order valence-electron chi connectivity index (χ1n) is 9.20. The van der Waals surface area contributed by atoms with E-state index in [9.17, 15) is 4.39 Å². The quantitative estimate of drug-likeness (QED) is 0.573. The zero-order valence-electron chi connectivity index (χ0n) is 16.7. The van der Waals surface area contributed by atoms with E-state index in [1.54, 1.807) is 43.9 Å². The number of halogens is 1. The lowest BCUT2D eigenvalue weighted by Gasteiger charge is -2.11. The smallest absolute Gasteiger partial charge is 0.227 e. The lowest BCUT2D eigenvalue weighted by atomic mass is 10.0. The van der Waals surface area contributed by atoms with Gasteiger partial charge in [0.25, 0.3) is 0 Å². The molecule has 2 N–H and O–H groups in total. The Morgan fingerprint density at radius 3 is 2.45 bits per heavy atom. The molecular weight excluding hydrogens is 373 g/mol. The molecule has 3 aromatic rings. The molecule has 0 amide bonds. The van der Waals surface area contributed by atoms with Crippen LogP contribution in [0.2, 0.25) is 0 Å². The molecule has 2 heterocycles. The van der Waals surface area contributed by atoms with Gasteiger partial charge in [-0.1, -0.05) is 6.07 Å². The van der Waals surface area contributed by atoms with Crippen LogP contribution >= 0.6 is 0 Å². The molecule has 152 valence electrons. The average molecular weight is 397 g/mol. The van der Waals surface area contributed by atoms with Crippen LogP contribution in [-0.4, -0.2) is 36.2 Å². The van der Waals surface area contributed by atoms with E-state index in [0.29, 0.717) is 36.8 Å². The molecule has 29 heavy (non-hydrogen) atoms. The van der Waals surface area contributed by atoms with E-state index >= 15 is 0 Å². The van der Waals surface area contributed by atoms with Gasteiger partial charge in [-0.3, -0.25) is 0 Å². The fourth-order valence-corrected chi connectivity index (χ4v) is 2.91. The number of nitrogens with zero attached hydrogens (tertiary/aromatic N) is 3. The molecule has 1 aromatic carbocycles. The van der Waals surface area contributed by atoms with Crippen LogP contribution in [0.15, 0.2) is 42.9 Å². The van der Waals surface area contributed by atoms with Gasteiger partial charge in [-0.25, -0.2) is 19.3 Å². The maximum absolute atomic E-state index is 14.6. The molecule has 0 aliphatic heterocycles. The largest absolute Gasteiger partial charge is 0.494 e. The number of benzene rings is 1. The second-order valence-electron chi connectivity index (χ2n) is 6.43. The highest BCUT2D eigenvalue weighted by Crippen LogP contribution is 2.24. The Hall–Kier alpha value is -3.26. The van der Waals surface area contributed by atoms with Crippen molar-refractivity contribution in [1.29, 1.82) is 0 Å². The van der Waals surface area contributed by atoms with E-state index in [4.69, 9.17) is 9.47 Å². The number of nitrogens with one attached hydrogen (secondary N) is 2. The molecule has 8 heteroatoms. The molecule has 3 rings (SSSR count). The third-order valence-corrected chi connectivity index (χ3v) is 4.36. The minimum Gasteiger partial charge on any atom is -0.494 e. The SMILES string of the molecule is CNCc1cc(CCc2cnc(Nc3ccnc(OC)c3)nc2)c(F)c(OC)c1. The summed E-state index contributed by atoms with van der Waals surface area (Å²) in [6.45, 7) is 0.646. The summed E-state index contributed by atoms with van der Waals surface area (Å²) in [6.07, 6.45) is 6.26. The molecule has 2 aromatic heterocycles. The fourth-order valence-electron chi connectivity index (χ4n) is 2.91. The predicted molar refractivity (Wildman–Crippen MR) is 109 cm³/mol. The molecule has 0 saturated carbocycles. The minimum absolute atomic E-state index is 0.260. The van der Waals surface area contributed by atoms with Crippen LogP contribution in [0.3, 0.4) is 0 Å². The first-order chi connectivity index (χ1) is 14.1. The summed E-state index contributed by atoms with van der Waals surface area (Å²) in [7, 11) is 4.89. The molecule has 7 nitrogen and oxygen atoms in total. The van der Waals surface area contributed by atoms with Gasteiger partial charge in [-0.2, -0.15) is 0 Å². The number of anilines is 2. The van der Waals surface area contributed by atoms with Crippen LogP contribution in [0.1, 0.15) is 16.7 Å². The standard InChI is InChI=1S/C21H24FN5O2/c1-23-11-15-8-16(20(22)18(9-15)28-2)5-4-14-12-25-21(26-13-14)27-17-6-7-24-19(10-17)29-3/h6-10,12-13,23H,4-5,11H2,1-3H3,(H,24,25,26,27). The second kappa shape index (κ2) is 9.79. The molecule has 0 atom stereocenters. The molecule has 0 bridgehead atoms. The van der Waals surface area contributed by atoms with E-state index in [1.165, 1.54) is 7.11 Å². The Kier molecular flexibility index (Phi) is 6.91. The number of rotatable bonds is 9. The van der Waals surface area contributed by atoms with E-state index < -0.39 is 0 Å². The Bertz CT molecular complexity index is 950. The van der Waals surface area contributed by atoms with Gasteiger partial charge in [0.2, 0.25) is 11.8 Å². The molecule has 0 radical (unpaired) electrons. The van der Waals surface area contributed by atoms with E-state index in [-0.39, 0.29) is 11.6 Å². The highest BCUT2D eigenvalue weighted by molar-refractivity contribution is 5.53. The van der Waals surface area contributed by atoms with Crippen LogP contribution in [0.25, 0.3) is 0 Å². The fraction of sp³-hybridized carbons (Fsp3) is 0.286. The van der Waals surface area contributed by atoms with Gasteiger partial charge in [0.1, 0.15) is 0 Å². The highest BCUT2D eigenvalue weighted by atomic mass is 19.1. The Morgan fingerprint density at radius 1 is 0.966 bits per heavy atom. The Morgan fingerprint density at radius 2 is 1.76 bits per heavy atom. The van der Waals surface area contributed by atoms with Gasteiger partial charge < -0.3 is 20.1 Å². The zero-order valence-corrected chi connectivity index (χ0v) is 16.7. The van der Waals surface area contributed by atoms with Gasteiger partial charge in [0, 0.05) is 36.9 Å². The maximum atomic E-state index is 14.6. The summed E-state index contributed by atoms with van der Waals surface area (Å²) < 4.78 is 24.8. The van der Waals surface area contributed by atoms with Crippen molar-refractivity contribution in [1.82, 2.24) is 20.3 Å². The lowest BCUT2D eigenvalue weighted by molar-refractivity contribution is 0.383. The van der Waals surface area contributed by atoms with Crippen LogP contribution in [-0.2, 0) is 19.4 Å². The average Bonchev–Trinajstić information content (AvgIpc) is 2.75. The third-order valence-electron chi connectivity index (χ3n) is 4.36. The summed E-state index contributed by atoms with van der Waals surface area (Å²) in [4.78, 5) is 12.7. The molecule has 0 aliphatic carbocycles.